The molecule has 0 radical (unpaired) electrons. The summed E-state index contributed by atoms with van der Waals surface area (Å²) in [7, 11) is 1.72. The van der Waals surface area contributed by atoms with Gasteiger partial charge in [0.2, 0.25) is 5.91 Å². The summed E-state index contributed by atoms with van der Waals surface area (Å²) in [5, 5.41) is 7.24. The Morgan fingerprint density at radius 2 is 1.96 bits per heavy atom. The summed E-state index contributed by atoms with van der Waals surface area (Å²) in [5.74, 6) is -0.268. The van der Waals surface area contributed by atoms with Crippen LogP contribution in [0.5, 0.6) is 0 Å². The molecule has 0 aliphatic heterocycles. The summed E-state index contributed by atoms with van der Waals surface area (Å²) in [6, 6.07) is 7.84. The van der Waals surface area contributed by atoms with Crippen molar-refractivity contribution >= 4 is 22.6 Å². The summed E-state index contributed by atoms with van der Waals surface area (Å²) < 4.78 is 2.82. The average molecular weight is 353 g/mol. The maximum absolute atomic E-state index is 12.4. The molecule has 3 aromatic rings. The first-order valence-corrected chi connectivity index (χ1v) is 8.84. The third kappa shape index (κ3) is 3.99. The summed E-state index contributed by atoms with van der Waals surface area (Å²) in [6.07, 6.45) is 7.50. The van der Waals surface area contributed by atoms with Crippen molar-refractivity contribution in [2.24, 2.45) is 7.05 Å². The van der Waals surface area contributed by atoms with Gasteiger partial charge in [-0.1, -0.05) is 31.9 Å². The highest BCUT2D eigenvalue weighted by Crippen LogP contribution is 2.12. The highest BCUT2D eigenvalue weighted by molar-refractivity contribution is 5.90. The lowest BCUT2D eigenvalue weighted by molar-refractivity contribution is -0.116. The number of fused-ring (bicyclic) bond motifs is 1. The zero-order valence-electron chi connectivity index (χ0n) is 15.1. The molecular weight excluding hydrogens is 330 g/mol. The van der Waals surface area contributed by atoms with Gasteiger partial charge in [-0.2, -0.15) is 5.10 Å². The SMILES string of the molecule is CCCCCc1ccc(NC(=O)Cn2cnc3c(cnn3C)c2=O)cc1. The number of carbonyl (C=O) groups excluding carboxylic acids is 1. The van der Waals surface area contributed by atoms with Crippen LogP contribution in [-0.4, -0.2) is 25.2 Å². The van der Waals surface area contributed by atoms with Gasteiger partial charge in [0.15, 0.2) is 5.65 Å². The molecule has 0 saturated carbocycles. The van der Waals surface area contributed by atoms with Crippen molar-refractivity contribution in [3.05, 3.63) is 52.7 Å². The molecule has 7 nitrogen and oxygen atoms in total. The molecule has 0 spiro atoms. The molecule has 2 aromatic heterocycles. The van der Waals surface area contributed by atoms with Gasteiger partial charge < -0.3 is 5.32 Å². The number of nitrogens with one attached hydrogen (secondary N) is 1. The van der Waals surface area contributed by atoms with Crippen LogP contribution in [0.4, 0.5) is 5.69 Å². The molecule has 0 aliphatic rings. The summed E-state index contributed by atoms with van der Waals surface area (Å²) in [5.41, 5.74) is 2.21. The van der Waals surface area contributed by atoms with E-state index in [1.807, 2.05) is 24.3 Å². The fourth-order valence-corrected chi connectivity index (χ4v) is 2.87. The van der Waals surface area contributed by atoms with E-state index < -0.39 is 0 Å². The van der Waals surface area contributed by atoms with Crippen LogP contribution in [0.1, 0.15) is 31.7 Å². The second-order valence-corrected chi connectivity index (χ2v) is 6.39. The van der Waals surface area contributed by atoms with Crippen LogP contribution in [0.15, 0.2) is 41.6 Å². The van der Waals surface area contributed by atoms with Crippen molar-refractivity contribution in [1.29, 1.82) is 0 Å². The van der Waals surface area contributed by atoms with Gasteiger partial charge in [-0.25, -0.2) is 4.98 Å². The van der Waals surface area contributed by atoms with Crippen molar-refractivity contribution in [3.63, 3.8) is 0 Å². The summed E-state index contributed by atoms with van der Waals surface area (Å²) in [6.45, 7) is 2.10. The lowest BCUT2D eigenvalue weighted by Crippen LogP contribution is -2.27. The standard InChI is InChI=1S/C19H23N5O2/c1-3-4-5-6-14-7-9-15(10-8-14)22-17(25)12-24-13-20-18-16(19(24)26)11-21-23(18)2/h7-11,13H,3-6,12H2,1-2H3,(H,22,25). The van der Waals surface area contributed by atoms with Crippen molar-refractivity contribution in [2.45, 2.75) is 39.2 Å². The van der Waals surface area contributed by atoms with E-state index in [0.29, 0.717) is 11.0 Å². The Morgan fingerprint density at radius 1 is 1.19 bits per heavy atom. The van der Waals surface area contributed by atoms with Crippen LogP contribution in [0.25, 0.3) is 11.0 Å². The molecular formula is C19H23N5O2. The molecule has 26 heavy (non-hydrogen) atoms. The number of carbonyl (C=O) groups is 1. The molecule has 7 heteroatoms. The zero-order valence-corrected chi connectivity index (χ0v) is 15.1. The zero-order chi connectivity index (χ0) is 18.5. The van der Waals surface area contributed by atoms with Gasteiger partial charge in [-0.05, 0) is 30.5 Å². The van der Waals surface area contributed by atoms with E-state index >= 15 is 0 Å². The number of hydrogen-bond donors (Lipinski definition) is 1. The molecule has 0 unspecified atom stereocenters. The maximum atomic E-state index is 12.4. The Hall–Kier alpha value is -2.96. The van der Waals surface area contributed by atoms with Crippen molar-refractivity contribution < 1.29 is 4.79 Å². The number of hydrogen-bond acceptors (Lipinski definition) is 4. The van der Waals surface area contributed by atoms with Crippen LogP contribution < -0.4 is 10.9 Å². The fourth-order valence-electron chi connectivity index (χ4n) is 2.87. The summed E-state index contributed by atoms with van der Waals surface area (Å²) in [4.78, 5) is 28.8. The normalized spacial score (nSPS) is 11.0. The van der Waals surface area contributed by atoms with Gasteiger partial charge >= 0.3 is 0 Å². The van der Waals surface area contributed by atoms with Gasteiger partial charge in [0.1, 0.15) is 18.3 Å². The first-order chi connectivity index (χ1) is 12.6. The minimum absolute atomic E-state index is 0.0884. The third-order valence-electron chi connectivity index (χ3n) is 4.34. The quantitative estimate of drug-likeness (QED) is 0.662. The first kappa shape index (κ1) is 17.8. The highest BCUT2D eigenvalue weighted by Gasteiger charge is 2.11. The molecule has 1 aromatic carbocycles. The van der Waals surface area contributed by atoms with Crippen molar-refractivity contribution in [1.82, 2.24) is 19.3 Å². The van der Waals surface area contributed by atoms with Crippen LogP contribution in [0.2, 0.25) is 0 Å². The van der Waals surface area contributed by atoms with Gasteiger partial charge in [0.05, 0.1) is 6.20 Å². The molecule has 0 aliphatic carbocycles. The molecule has 1 amide bonds. The molecule has 3 rings (SSSR count). The molecule has 136 valence electrons. The Labute approximate surface area is 151 Å². The fraction of sp³-hybridized carbons (Fsp3) is 0.368. The molecule has 0 atom stereocenters. The highest BCUT2D eigenvalue weighted by atomic mass is 16.2. The molecule has 2 heterocycles. The predicted molar refractivity (Wildman–Crippen MR) is 101 cm³/mol. The number of rotatable bonds is 7. The van der Waals surface area contributed by atoms with E-state index in [0.717, 1.165) is 12.1 Å². The Morgan fingerprint density at radius 3 is 2.69 bits per heavy atom. The van der Waals surface area contributed by atoms with E-state index in [9.17, 15) is 9.59 Å². The van der Waals surface area contributed by atoms with Gasteiger partial charge in [0.25, 0.3) is 5.56 Å². The van der Waals surface area contributed by atoms with Gasteiger partial charge in [0, 0.05) is 12.7 Å². The monoisotopic (exact) mass is 353 g/mol. The van der Waals surface area contributed by atoms with Crippen molar-refractivity contribution in [3.8, 4) is 0 Å². The Balaban J connectivity index is 1.64. The third-order valence-corrected chi connectivity index (χ3v) is 4.34. The number of benzene rings is 1. The van der Waals surface area contributed by atoms with Crippen LogP contribution in [0, 0.1) is 0 Å². The lowest BCUT2D eigenvalue weighted by Gasteiger charge is -2.08. The molecule has 0 fully saturated rings. The first-order valence-electron chi connectivity index (χ1n) is 8.84. The predicted octanol–water partition coefficient (Wildman–Crippen LogP) is 2.50. The number of aryl methyl sites for hydroxylation is 2. The van der Waals surface area contributed by atoms with Crippen LogP contribution >= 0.6 is 0 Å². The van der Waals surface area contributed by atoms with E-state index in [2.05, 4.69) is 22.3 Å². The van der Waals surface area contributed by atoms with Crippen molar-refractivity contribution in [2.75, 3.05) is 5.32 Å². The number of unbranched alkanes of at least 4 members (excludes halogenated alkanes) is 2. The van der Waals surface area contributed by atoms with Crippen LogP contribution in [0.3, 0.4) is 0 Å². The van der Waals surface area contributed by atoms with E-state index in [-0.39, 0.29) is 18.0 Å². The smallest absolute Gasteiger partial charge is 0.264 e. The number of nitrogens with zero attached hydrogens (tertiary/aromatic N) is 4. The largest absolute Gasteiger partial charge is 0.325 e. The minimum atomic E-state index is -0.274. The van der Waals surface area contributed by atoms with Gasteiger partial charge in [-0.3, -0.25) is 18.8 Å². The van der Waals surface area contributed by atoms with E-state index in [4.69, 9.17) is 0 Å². The second-order valence-electron chi connectivity index (χ2n) is 6.39. The topological polar surface area (TPSA) is 81.8 Å². The Kier molecular flexibility index (Phi) is 5.46. The van der Waals surface area contributed by atoms with E-state index in [1.165, 1.54) is 46.6 Å². The van der Waals surface area contributed by atoms with Crippen LogP contribution in [-0.2, 0) is 24.8 Å². The second kappa shape index (κ2) is 7.95. The Bertz CT molecular complexity index is 956. The molecule has 0 saturated heterocycles. The number of amides is 1. The molecule has 0 bridgehead atoms. The average Bonchev–Trinajstić information content (AvgIpc) is 3.01. The summed E-state index contributed by atoms with van der Waals surface area (Å²) >= 11 is 0. The lowest BCUT2D eigenvalue weighted by atomic mass is 10.1. The maximum Gasteiger partial charge on any atom is 0.264 e. The van der Waals surface area contributed by atoms with E-state index in [1.54, 1.807) is 7.05 Å². The number of aromatic nitrogens is 4. The molecule has 1 N–H and O–H groups in total. The minimum Gasteiger partial charge on any atom is -0.325 e. The van der Waals surface area contributed by atoms with Gasteiger partial charge in [-0.15, -0.1) is 0 Å². The number of anilines is 1.